The lowest BCUT2D eigenvalue weighted by Crippen LogP contribution is -2.72. The van der Waals surface area contributed by atoms with E-state index >= 15 is 0 Å². The number of hydrogen-bond donors (Lipinski definition) is 0. The Morgan fingerprint density at radius 1 is 0.591 bits per heavy atom. The first-order valence-electron chi connectivity index (χ1n) is 7.57. The second kappa shape index (κ2) is 6.51. The van der Waals surface area contributed by atoms with Crippen LogP contribution in [0.15, 0.2) is 91.0 Å². The van der Waals surface area contributed by atoms with E-state index in [2.05, 4.69) is 97.9 Å². The molecule has 110 valence electrons. The smallest absolute Gasteiger partial charge is 0.126 e. The molecule has 3 rings (SSSR count). The van der Waals surface area contributed by atoms with E-state index in [-0.39, 0.29) is 5.00 Å². The Hall–Kier alpha value is -1.83. The van der Waals surface area contributed by atoms with Gasteiger partial charge in [-0.05, 0) is 15.6 Å². The molecule has 1 unspecified atom stereocenters. The van der Waals surface area contributed by atoms with Crippen LogP contribution in [0.3, 0.4) is 0 Å². The SMILES string of the molecule is CC(Cl)[Si](c1ccccc1)(c1ccccc1)c1ccccc1. The van der Waals surface area contributed by atoms with Gasteiger partial charge in [0.05, 0.1) is 0 Å². The van der Waals surface area contributed by atoms with E-state index < -0.39 is 8.07 Å². The van der Waals surface area contributed by atoms with Crippen molar-refractivity contribution in [2.24, 2.45) is 0 Å². The average Bonchev–Trinajstić information content (AvgIpc) is 2.58. The van der Waals surface area contributed by atoms with Gasteiger partial charge in [0, 0.05) is 5.00 Å². The Morgan fingerprint density at radius 3 is 1.09 bits per heavy atom. The van der Waals surface area contributed by atoms with Gasteiger partial charge in [0.1, 0.15) is 0 Å². The van der Waals surface area contributed by atoms with Crippen LogP contribution >= 0.6 is 11.6 Å². The number of rotatable bonds is 4. The number of hydrogen-bond acceptors (Lipinski definition) is 0. The fourth-order valence-corrected chi connectivity index (χ4v) is 8.96. The van der Waals surface area contributed by atoms with Crippen molar-refractivity contribution in [2.75, 3.05) is 0 Å². The molecule has 0 heterocycles. The lowest BCUT2D eigenvalue weighted by atomic mass is 10.3. The topological polar surface area (TPSA) is 0 Å². The summed E-state index contributed by atoms with van der Waals surface area (Å²) in [5.41, 5.74) is 0. The van der Waals surface area contributed by atoms with Crippen molar-refractivity contribution in [2.45, 2.75) is 11.9 Å². The third-order valence-electron chi connectivity index (χ3n) is 4.28. The highest BCUT2D eigenvalue weighted by Gasteiger charge is 2.43. The molecule has 3 aromatic rings. The molecule has 0 nitrogen and oxygen atoms in total. The van der Waals surface area contributed by atoms with Crippen LogP contribution in [0.1, 0.15) is 6.92 Å². The van der Waals surface area contributed by atoms with Crippen LogP contribution in [0.2, 0.25) is 0 Å². The van der Waals surface area contributed by atoms with Gasteiger partial charge in [-0.2, -0.15) is 0 Å². The normalized spacial score (nSPS) is 12.8. The molecule has 0 radical (unpaired) electrons. The van der Waals surface area contributed by atoms with Crippen molar-refractivity contribution in [3.8, 4) is 0 Å². The standard InChI is InChI=1S/C20H19ClSi/c1-17(21)22(18-11-5-2-6-12-18,19-13-7-3-8-14-19)20-15-9-4-10-16-20/h2-17H,1H3. The Morgan fingerprint density at radius 2 is 0.864 bits per heavy atom. The summed E-state index contributed by atoms with van der Waals surface area (Å²) >= 11 is 6.87. The molecule has 0 N–H and O–H groups in total. The highest BCUT2D eigenvalue weighted by molar-refractivity contribution is 7.15. The predicted octanol–water partition coefficient (Wildman–Crippen LogP) is 3.32. The summed E-state index contributed by atoms with van der Waals surface area (Å²) in [4.78, 5) is 0. The summed E-state index contributed by atoms with van der Waals surface area (Å²) in [6.45, 7) is 2.14. The van der Waals surface area contributed by atoms with Crippen molar-refractivity contribution in [3.63, 3.8) is 0 Å². The van der Waals surface area contributed by atoms with Crippen LogP contribution in [0, 0.1) is 0 Å². The molecule has 1 atom stereocenters. The quantitative estimate of drug-likeness (QED) is 0.393. The summed E-state index contributed by atoms with van der Waals surface area (Å²) in [6, 6.07) is 32.2. The van der Waals surface area contributed by atoms with Gasteiger partial charge in [0.25, 0.3) is 0 Å². The zero-order valence-electron chi connectivity index (χ0n) is 12.6. The lowest BCUT2D eigenvalue weighted by Gasteiger charge is -2.36. The maximum Gasteiger partial charge on any atom is 0.165 e. The van der Waals surface area contributed by atoms with Gasteiger partial charge in [0.15, 0.2) is 8.07 Å². The second-order valence-electron chi connectivity index (χ2n) is 5.52. The third-order valence-corrected chi connectivity index (χ3v) is 10.2. The van der Waals surface area contributed by atoms with Crippen LogP contribution in [0.25, 0.3) is 0 Å². The molecule has 0 bridgehead atoms. The van der Waals surface area contributed by atoms with Crippen molar-refractivity contribution in [1.29, 1.82) is 0 Å². The molecule has 3 aromatic carbocycles. The molecule has 0 aromatic heterocycles. The van der Waals surface area contributed by atoms with E-state index in [1.54, 1.807) is 0 Å². The molecule has 0 aliphatic rings. The summed E-state index contributed by atoms with van der Waals surface area (Å²) in [6.07, 6.45) is 0. The molecule has 0 aliphatic carbocycles. The summed E-state index contributed by atoms with van der Waals surface area (Å²) in [7, 11) is -2.24. The fourth-order valence-electron chi connectivity index (χ4n) is 3.29. The van der Waals surface area contributed by atoms with Gasteiger partial charge in [-0.25, -0.2) is 0 Å². The molecule has 22 heavy (non-hydrogen) atoms. The third kappa shape index (κ3) is 2.51. The summed E-state index contributed by atoms with van der Waals surface area (Å²) in [5.74, 6) is 0. The van der Waals surface area contributed by atoms with E-state index in [1.165, 1.54) is 15.6 Å². The minimum Gasteiger partial charge on any atom is -0.126 e. The van der Waals surface area contributed by atoms with Gasteiger partial charge in [-0.1, -0.05) is 97.9 Å². The van der Waals surface area contributed by atoms with Crippen molar-refractivity contribution >= 4 is 35.2 Å². The summed E-state index contributed by atoms with van der Waals surface area (Å²) in [5, 5.41) is 4.12. The first-order valence-corrected chi connectivity index (χ1v) is 10.1. The molecule has 0 aliphatic heterocycles. The first-order chi connectivity index (χ1) is 10.8. The molecular formula is C20H19ClSi. The molecule has 2 heteroatoms. The predicted molar refractivity (Wildman–Crippen MR) is 99.3 cm³/mol. The van der Waals surface area contributed by atoms with Gasteiger partial charge < -0.3 is 0 Å². The zero-order valence-corrected chi connectivity index (χ0v) is 14.4. The van der Waals surface area contributed by atoms with Crippen LogP contribution < -0.4 is 15.6 Å². The number of halogens is 1. The van der Waals surface area contributed by atoms with Crippen molar-refractivity contribution in [1.82, 2.24) is 0 Å². The van der Waals surface area contributed by atoms with E-state index in [1.807, 2.05) is 0 Å². The lowest BCUT2D eigenvalue weighted by molar-refractivity contribution is 1.32. The van der Waals surface area contributed by atoms with Gasteiger partial charge in [-0.15, -0.1) is 11.6 Å². The zero-order chi connectivity index (χ0) is 15.4. The first kappa shape index (κ1) is 15.1. The van der Waals surface area contributed by atoms with Gasteiger partial charge >= 0.3 is 0 Å². The Balaban J connectivity index is 2.34. The molecular weight excluding hydrogens is 304 g/mol. The number of benzene rings is 3. The van der Waals surface area contributed by atoms with Crippen molar-refractivity contribution < 1.29 is 0 Å². The average molecular weight is 323 g/mol. The Kier molecular flexibility index (Phi) is 4.46. The van der Waals surface area contributed by atoms with E-state index in [0.29, 0.717) is 0 Å². The molecule has 0 saturated heterocycles. The molecule has 0 amide bonds. The fraction of sp³-hybridized carbons (Fsp3) is 0.100. The van der Waals surface area contributed by atoms with E-state index in [4.69, 9.17) is 11.6 Å². The van der Waals surface area contributed by atoms with Crippen molar-refractivity contribution in [3.05, 3.63) is 91.0 Å². The molecule has 0 spiro atoms. The second-order valence-corrected chi connectivity index (χ2v) is 10.8. The van der Waals surface area contributed by atoms with Crippen LogP contribution in [0.5, 0.6) is 0 Å². The minimum atomic E-state index is -2.24. The maximum atomic E-state index is 6.87. The number of alkyl halides is 1. The van der Waals surface area contributed by atoms with Gasteiger partial charge in [-0.3, -0.25) is 0 Å². The van der Waals surface area contributed by atoms with Gasteiger partial charge in [0.2, 0.25) is 0 Å². The van der Waals surface area contributed by atoms with Crippen LogP contribution in [-0.2, 0) is 0 Å². The van der Waals surface area contributed by atoms with E-state index in [0.717, 1.165) is 0 Å². The minimum absolute atomic E-state index is 0.0553. The van der Waals surface area contributed by atoms with Crippen LogP contribution in [-0.4, -0.2) is 13.1 Å². The monoisotopic (exact) mass is 322 g/mol. The summed E-state index contributed by atoms with van der Waals surface area (Å²) < 4.78 is 0. The molecule has 0 saturated carbocycles. The maximum absolute atomic E-state index is 6.87. The largest absolute Gasteiger partial charge is 0.165 e. The highest BCUT2D eigenvalue weighted by Crippen LogP contribution is 2.16. The Labute approximate surface area is 138 Å². The Bertz CT molecular complexity index is 612. The highest BCUT2D eigenvalue weighted by atomic mass is 35.5. The van der Waals surface area contributed by atoms with Crippen LogP contribution in [0.4, 0.5) is 0 Å². The van der Waals surface area contributed by atoms with E-state index in [9.17, 15) is 0 Å². The molecule has 0 fully saturated rings.